The van der Waals surface area contributed by atoms with Crippen molar-refractivity contribution >= 4 is 38.3 Å². The van der Waals surface area contributed by atoms with Crippen molar-refractivity contribution in [1.29, 1.82) is 0 Å². The molecule has 0 aliphatic carbocycles. The monoisotopic (exact) mass is 460 g/mol. The molecule has 1 aliphatic heterocycles. The van der Waals surface area contributed by atoms with E-state index in [9.17, 15) is 22.0 Å². The van der Waals surface area contributed by atoms with Crippen LogP contribution >= 0.6 is 0 Å². The number of alkyl halides is 2. The maximum Gasteiger partial charge on any atom is 0.259 e. The molecular formula is C22H22F2N4O3S. The third-order valence-electron chi connectivity index (χ3n) is 5.60. The van der Waals surface area contributed by atoms with E-state index in [1.807, 2.05) is 12.1 Å². The summed E-state index contributed by atoms with van der Waals surface area (Å²) in [6.45, 7) is 1.59. The predicted octanol–water partition coefficient (Wildman–Crippen LogP) is 3.62. The van der Waals surface area contributed by atoms with E-state index in [2.05, 4.69) is 10.3 Å². The number of anilines is 2. The molecule has 7 nitrogen and oxygen atoms in total. The number of rotatable bonds is 4. The third-order valence-corrected chi connectivity index (χ3v) is 6.51. The second kappa shape index (κ2) is 8.10. The maximum absolute atomic E-state index is 14.0. The Morgan fingerprint density at radius 3 is 2.66 bits per heavy atom. The van der Waals surface area contributed by atoms with E-state index < -0.39 is 27.8 Å². The fraction of sp³-hybridized carbons (Fsp3) is 0.273. The van der Waals surface area contributed by atoms with Crippen LogP contribution in [-0.2, 0) is 10.0 Å². The lowest BCUT2D eigenvalue weighted by Crippen LogP contribution is -2.46. The molecule has 10 heteroatoms. The molecule has 1 fully saturated rings. The number of primary sulfonamides is 1. The van der Waals surface area contributed by atoms with Gasteiger partial charge in [0.1, 0.15) is 5.82 Å². The fourth-order valence-corrected chi connectivity index (χ4v) is 4.30. The minimum atomic E-state index is -3.94. The molecule has 0 radical (unpaired) electrons. The van der Waals surface area contributed by atoms with Crippen LogP contribution in [0.5, 0.6) is 0 Å². The van der Waals surface area contributed by atoms with E-state index in [-0.39, 0.29) is 35.7 Å². The highest BCUT2D eigenvalue weighted by Crippen LogP contribution is 2.36. The summed E-state index contributed by atoms with van der Waals surface area (Å²) >= 11 is 0. The zero-order valence-corrected chi connectivity index (χ0v) is 18.1. The summed E-state index contributed by atoms with van der Waals surface area (Å²) in [7, 11) is -3.94. The number of nitrogens with one attached hydrogen (secondary N) is 1. The molecule has 3 aromatic rings. The van der Waals surface area contributed by atoms with Gasteiger partial charge in [0, 0.05) is 36.5 Å². The quantitative estimate of drug-likeness (QED) is 0.619. The smallest absolute Gasteiger partial charge is 0.259 e. The summed E-state index contributed by atoms with van der Waals surface area (Å²) in [6.07, 6.45) is -0.333. The Morgan fingerprint density at radius 1 is 1.19 bits per heavy atom. The Kier molecular flexibility index (Phi) is 5.59. The summed E-state index contributed by atoms with van der Waals surface area (Å²) in [5.74, 6) is -3.89. The van der Waals surface area contributed by atoms with Crippen molar-refractivity contribution in [3.05, 3.63) is 60.2 Å². The Bertz CT molecular complexity index is 1300. The van der Waals surface area contributed by atoms with E-state index in [0.717, 1.165) is 5.39 Å². The van der Waals surface area contributed by atoms with Crippen LogP contribution in [0, 0.1) is 5.92 Å². The highest BCUT2D eigenvalue weighted by atomic mass is 32.2. The number of pyridine rings is 1. The van der Waals surface area contributed by atoms with Crippen LogP contribution < -0.4 is 15.4 Å². The van der Waals surface area contributed by atoms with Gasteiger partial charge in [-0.25, -0.2) is 27.3 Å². The Balaban J connectivity index is 1.73. The summed E-state index contributed by atoms with van der Waals surface area (Å²) < 4.78 is 51.3. The standard InChI is InChI=1S/C22H22F2N4O3S/c1-14-13-28(10-9-22(14,23)24)20-18(11-15-5-2-3-8-19(15)27-20)21(29)26-16-6-4-7-17(12-16)32(25,30)31/h2-8,11-12,14H,9-10,13H2,1H3,(H,26,29)(H2,25,30,31). The molecule has 1 amide bonds. The van der Waals surface area contributed by atoms with Crippen LogP contribution in [0.3, 0.4) is 0 Å². The van der Waals surface area contributed by atoms with E-state index in [4.69, 9.17) is 5.14 Å². The molecule has 1 aliphatic rings. The molecule has 3 N–H and O–H groups in total. The summed E-state index contributed by atoms with van der Waals surface area (Å²) in [6, 6.07) is 14.4. The van der Waals surface area contributed by atoms with Gasteiger partial charge < -0.3 is 10.2 Å². The molecule has 4 rings (SSSR count). The van der Waals surface area contributed by atoms with Gasteiger partial charge in [-0.2, -0.15) is 0 Å². The number of carbonyl (C=O) groups is 1. The van der Waals surface area contributed by atoms with Gasteiger partial charge in [0.15, 0.2) is 0 Å². The number of piperidine rings is 1. The van der Waals surface area contributed by atoms with Gasteiger partial charge in [0.05, 0.1) is 16.0 Å². The van der Waals surface area contributed by atoms with Crippen LogP contribution in [0.25, 0.3) is 10.9 Å². The average Bonchev–Trinajstić information content (AvgIpc) is 2.74. The van der Waals surface area contributed by atoms with Gasteiger partial charge in [0.25, 0.3) is 11.8 Å². The number of nitrogens with two attached hydrogens (primary N) is 1. The molecule has 0 bridgehead atoms. The molecule has 1 unspecified atom stereocenters. The van der Waals surface area contributed by atoms with Gasteiger partial charge >= 0.3 is 0 Å². The number of nitrogens with zero attached hydrogens (tertiary/aromatic N) is 2. The van der Waals surface area contributed by atoms with Crippen LogP contribution in [0.15, 0.2) is 59.5 Å². The minimum absolute atomic E-state index is 0.0551. The first kappa shape index (κ1) is 22.1. The van der Waals surface area contributed by atoms with E-state index >= 15 is 0 Å². The number of para-hydroxylation sites is 1. The first-order valence-electron chi connectivity index (χ1n) is 10.0. The molecule has 1 atom stereocenters. The first-order chi connectivity index (χ1) is 15.0. The second-order valence-corrected chi connectivity index (χ2v) is 9.50. The Morgan fingerprint density at radius 2 is 1.94 bits per heavy atom. The highest BCUT2D eigenvalue weighted by molar-refractivity contribution is 7.89. The number of sulfonamides is 1. The fourth-order valence-electron chi connectivity index (χ4n) is 3.74. The lowest BCUT2D eigenvalue weighted by atomic mass is 9.95. The van der Waals surface area contributed by atoms with E-state index in [1.165, 1.54) is 31.2 Å². The number of benzene rings is 2. The number of aromatic nitrogens is 1. The summed E-state index contributed by atoms with van der Waals surface area (Å²) in [4.78, 5) is 19.3. The largest absolute Gasteiger partial charge is 0.355 e. The number of fused-ring (bicyclic) bond motifs is 1. The molecule has 2 aromatic carbocycles. The van der Waals surface area contributed by atoms with E-state index in [1.54, 1.807) is 23.1 Å². The molecule has 168 valence electrons. The maximum atomic E-state index is 14.0. The molecule has 2 heterocycles. The number of hydrogen-bond acceptors (Lipinski definition) is 5. The lowest BCUT2D eigenvalue weighted by Gasteiger charge is -2.38. The second-order valence-electron chi connectivity index (χ2n) is 7.94. The number of hydrogen-bond donors (Lipinski definition) is 2. The van der Waals surface area contributed by atoms with Crippen molar-refractivity contribution in [3.63, 3.8) is 0 Å². The first-order valence-corrected chi connectivity index (χ1v) is 11.6. The third kappa shape index (κ3) is 4.42. The van der Waals surface area contributed by atoms with Crippen molar-refractivity contribution in [1.82, 2.24) is 4.98 Å². The predicted molar refractivity (Wildman–Crippen MR) is 118 cm³/mol. The molecule has 1 aromatic heterocycles. The van der Waals surface area contributed by atoms with Gasteiger partial charge in [0.2, 0.25) is 10.0 Å². The number of amides is 1. The molecule has 0 spiro atoms. The number of carbonyl (C=O) groups excluding carboxylic acids is 1. The van der Waals surface area contributed by atoms with Crippen molar-refractivity contribution in [3.8, 4) is 0 Å². The zero-order valence-electron chi connectivity index (χ0n) is 17.3. The van der Waals surface area contributed by atoms with E-state index in [0.29, 0.717) is 11.3 Å². The summed E-state index contributed by atoms with van der Waals surface area (Å²) in [5, 5.41) is 8.55. The Labute approximate surface area is 184 Å². The zero-order chi connectivity index (χ0) is 23.1. The van der Waals surface area contributed by atoms with Gasteiger partial charge in [-0.05, 0) is 30.3 Å². The topological polar surface area (TPSA) is 105 Å². The highest BCUT2D eigenvalue weighted by Gasteiger charge is 2.42. The average molecular weight is 461 g/mol. The van der Waals surface area contributed by atoms with Gasteiger partial charge in [-0.15, -0.1) is 0 Å². The van der Waals surface area contributed by atoms with Crippen LogP contribution in [0.1, 0.15) is 23.7 Å². The molecule has 0 saturated carbocycles. The van der Waals surface area contributed by atoms with Crippen molar-refractivity contribution in [2.24, 2.45) is 11.1 Å². The van der Waals surface area contributed by atoms with Crippen LogP contribution in [0.2, 0.25) is 0 Å². The van der Waals surface area contributed by atoms with Crippen LogP contribution in [0.4, 0.5) is 20.3 Å². The minimum Gasteiger partial charge on any atom is -0.355 e. The van der Waals surface area contributed by atoms with Crippen LogP contribution in [-0.4, -0.2) is 38.3 Å². The number of halogens is 2. The molecule has 1 saturated heterocycles. The van der Waals surface area contributed by atoms with Crippen molar-refractivity contribution < 1.29 is 22.0 Å². The van der Waals surface area contributed by atoms with Gasteiger partial charge in [-0.1, -0.05) is 31.2 Å². The Hall–Kier alpha value is -3.11. The normalized spacial score (nSPS) is 18.5. The SMILES string of the molecule is CC1CN(c2nc3ccccc3cc2C(=O)Nc2cccc(S(N)(=O)=O)c2)CCC1(F)F. The molecular weight excluding hydrogens is 438 g/mol. The van der Waals surface area contributed by atoms with Crippen molar-refractivity contribution in [2.45, 2.75) is 24.2 Å². The van der Waals surface area contributed by atoms with Gasteiger partial charge in [-0.3, -0.25) is 4.79 Å². The van der Waals surface area contributed by atoms with Crippen molar-refractivity contribution in [2.75, 3.05) is 23.3 Å². The molecule has 32 heavy (non-hydrogen) atoms. The lowest BCUT2D eigenvalue weighted by molar-refractivity contribution is -0.0652. The summed E-state index contributed by atoms with van der Waals surface area (Å²) in [5.41, 5.74) is 1.08.